The number of carboxylic acid groups (broad SMARTS) is 2. The Kier molecular flexibility index (Phi) is 3.58. The molecule has 3 saturated carbocycles. The fourth-order valence-electron chi connectivity index (χ4n) is 5.74. The standard InChI is InChI=1S/C14H10Cl6O4/c15-8-9(16)13(18)7-3-1-2(4(10(21)22)5(3)11(23)24)6(7)12(8,17)14(13,19)20/h2-7H,1H2,(H,21,22)(H,23,24)/t2-,3-,4-,5+,6-,7-,12+,13+/m1/s1. The molecule has 0 spiro atoms. The maximum absolute atomic E-state index is 11.7. The van der Waals surface area contributed by atoms with Gasteiger partial charge >= 0.3 is 11.9 Å². The van der Waals surface area contributed by atoms with Gasteiger partial charge in [0, 0.05) is 0 Å². The Bertz CT molecular complexity index is 666. The Hall–Kier alpha value is 0.420. The van der Waals surface area contributed by atoms with Gasteiger partial charge in [0.15, 0.2) is 4.33 Å². The second-order valence-corrected chi connectivity index (χ2v) is 10.2. The first-order valence-electron chi connectivity index (χ1n) is 7.21. The number of carboxylic acids is 2. The summed E-state index contributed by atoms with van der Waals surface area (Å²) < 4.78 is -1.76. The van der Waals surface area contributed by atoms with Crippen molar-refractivity contribution in [3.05, 3.63) is 10.1 Å². The first-order chi connectivity index (χ1) is 10.9. The van der Waals surface area contributed by atoms with Crippen molar-refractivity contribution in [1.82, 2.24) is 0 Å². The minimum absolute atomic E-state index is 0.0237. The summed E-state index contributed by atoms with van der Waals surface area (Å²) in [7, 11) is 0. The highest BCUT2D eigenvalue weighted by molar-refractivity contribution is 6.65. The molecule has 8 atom stereocenters. The summed E-state index contributed by atoms with van der Waals surface area (Å²) in [6, 6.07) is 0. The molecule has 10 heteroatoms. The summed E-state index contributed by atoms with van der Waals surface area (Å²) in [5.41, 5.74) is 0. The van der Waals surface area contributed by atoms with Crippen LogP contribution in [0.15, 0.2) is 10.1 Å². The molecular formula is C14H10Cl6O4. The third-order valence-corrected chi connectivity index (χ3v) is 10.7. The van der Waals surface area contributed by atoms with Crippen LogP contribution < -0.4 is 0 Å². The van der Waals surface area contributed by atoms with Crippen LogP contribution in [0.25, 0.3) is 0 Å². The van der Waals surface area contributed by atoms with Crippen LogP contribution in [0.3, 0.4) is 0 Å². The van der Waals surface area contributed by atoms with Gasteiger partial charge in [0.05, 0.1) is 21.9 Å². The van der Waals surface area contributed by atoms with Gasteiger partial charge in [-0.1, -0.05) is 46.4 Å². The molecule has 2 N–H and O–H groups in total. The molecule has 4 bridgehead atoms. The van der Waals surface area contributed by atoms with Crippen LogP contribution in [0.2, 0.25) is 0 Å². The van der Waals surface area contributed by atoms with Crippen molar-refractivity contribution in [3.8, 4) is 0 Å². The van der Waals surface area contributed by atoms with E-state index in [9.17, 15) is 19.8 Å². The largest absolute Gasteiger partial charge is 0.481 e. The van der Waals surface area contributed by atoms with Gasteiger partial charge in [-0.3, -0.25) is 9.59 Å². The summed E-state index contributed by atoms with van der Waals surface area (Å²) in [4.78, 5) is 20.4. The van der Waals surface area contributed by atoms with Crippen molar-refractivity contribution in [1.29, 1.82) is 0 Å². The van der Waals surface area contributed by atoms with E-state index < -0.39 is 61.5 Å². The average Bonchev–Trinajstić information content (AvgIpc) is 3.11. The van der Waals surface area contributed by atoms with Crippen molar-refractivity contribution < 1.29 is 19.8 Å². The van der Waals surface area contributed by atoms with Gasteiger partial charge in [-0.2, -0.15) is 0 Å². The number of aliphatic carboxylic acids is 2. The summed E-state index contributed by atoms with van der Waals surface area (Å²) in [6.45, 7) is 0. The maximum Gasteiger partial charge on any atom is 0.307 e. The Morgan fingerprint density at radius 1 is 0.833 bits per heavy atom. The van der Waals surface area contributed by atoms with Crippen LogP contribution >= 0.6 is 69.6 Å². The Balaban J connectivity index is 1.94. The van der Waals surface area contributed by atoms with E-state index in [4.69, 9.17) is 69.6 Å². The molecule has 0 radical (unpaired) electrons. The summed E-state index contributed by atoms with van der Waals surface area (Å²) >= 11 is 39.1. The average molecular weight is 455 g/mol. The number of rotatable bonds is 2. The molecule has 0 amide bonds. The van der Waals surface area contributed by atoms with E-state index in [0.29, 0.717) is 6.42 Å². The predicted molar refractivity (Wildman–Crippen MR) is 91.2 cm³/mol. The van der Waals surface area contributed by atoms with E-state index in [2.05, 4.69) is 0 Å². The van der Waals surface area contributed by atoms with E-state index in [0.717, 1.165) is 0 Å². The lowest BCUT2D eigenvalue weighted by molar-refractivity contribution is -0.158. The van der Waals surface area contributed by atoms with E-state index in [1.54, 1.807) is 0 Å². The van der Waals surface area contributed by atoms with Crippen molar-refractivity contribution >= 4 is 81.5 Å². The molecule has 132 valence electrons. The Labute approximate surface area is 167 Å². The van der Waals surface area contributed by atoms with Crippen LogP contribution in [0.5, 0.6) is 0 Å². The van der Waals surface area contributed by atoms with Crippen LogP contribution in [-0.2, 0) is 9.59 Å². The molecule has 0 heterocycles. The van der Waals surface area contributed by atoms with Crippen LogP contribution in [0, 0.1) is 35.5 Å². The number of hydrogen-bond acceptors (Lipinski definition) is 2. The van der Waals surface area contributed by atoms with Crippen molar-refractivity contribution in [2.75, 3.05) is 0 Å². The first kappa shape index (κ1) is 17.8. The zero-order chi connectivity index (χ0) is 18.0. The lowest BCUT2D eigenvalue weighted by atomic mass is 9.64. The summed E-state index contributed by atoms with van der Waals surface area (Å²) in [5, 5.41) is 19.2. The molecule has 0 aromatic heterocycles. The molecular weight excluding hydrogens is 445 g/mol. The Morgan fingerprint density at radius 3 is 1.46 bits per heavy atom. The van der Waals surface area contributed by atoms with E-state index in [1.165, 1.54) is 0 Å². The van der Waals surface area contributed by atoms with E-state index in [-0.39, 0.29) is 10.1 Å². The van der Waals surface area contributed by atoms with Crippen molar-refractivity contribution in [3.63, 3.8) is 0 Å². The van der Waals surface area contributed by atoms with Gasteiger partial charge in [0.25, 0.3) is 0 Å². The zero-order valence-electron chi connectivity index (χ0n) is 11.6. The lowest BCUT2D eigenvalue weighted by Gasteiger charge is -2.43. The third kappa shape index (κ3) is 1.51. The Morgan fingerprint density at radius 2 is 1.17 bits per heavy atom. The SMILES string of the molecule is O=C(O)[C@@H]1[C@H]2C[C@H]([C@@H]1C(=O)O)[C@@H]1[C@@H]2[C@]2(Cl)C(Cl)=C(Cl)[C@]1(Cl)C2(Cl)Cl. The second kappa shape index (κ2) is 4.82. The molecule has 4 aliphatic rings. The molecule has 0 saturated heterocycles. The zero-order valence-corrected chi connectivity index (χ0v) is 16.2. The van der Waals surface area contributed by atoms with Crippen molar-refractivity contribution in [2.24, 2.45) is 35.5 Å². The molecule has 4 rings (SSSR count). The minimum Gasteiger partial charge on any atom is -0.481 e. The smallest absolute Gasteiger partial charge is 0.307 e. The highest BCUT2D eigenvalue weighted by Crippen LogP contribution is 2.83. The molecule has 0 aromatic rings. The van der Waals surface area contributed by atoms with Gasteiger partial charge < -0.3 is 10.2 Å². The van der Waals surface area contributed by atoms with E-state index in [1.807, 2.05) is 0 Å². The lowest BCUT2D eigenvalue weighted by Crippen LogP contribution is -2.49. The van der Waals surface area contributed by atoms with E-state index >= 15 is 0 Å². The molecule has 4 aliphatic carbocycles. The number of halogens is 6. The predicted octanol–water partition coefficient (Wildman–Crippen LogP) is 4.12. The van der Waals surface area contributed by atoms with Gasteiger partial charge in [-0.25, -0.2) is 0 Å². The minimum atomic E-state index is -1.76. The highest BCUT2D eigenvalue weighted by atomic mass is 35.5. The number of carbonyl (C=O) groups is 2. The molecule has 0 aromatic carbocycles. The normalized spacial score (nSPS) is 53.6. The summed E-state index contributed by atoms with van der Waals surface area (Å²) in [5.74, 6) is -6.71. The number of fused-ring (bicyclic) bond motifs is 9. The highest BCUT2D eigenvalue weighted by Gasteiger charge is 2.88. The fraction of sp³-hybridized carbons (Fsp3) is 0.714. The monoisotopic (exact) mass is 452 g/mol. The van der Waals surface area contributed by atoms with Crippen LogP contribution in [0.4, 0.5) is 0 Å². The van der Waals surface area contributed by atoms with Crippen LogP contribution in [0.1, 0.15) is 6.42 Å². The molecule has 0 aliphatic heterocycles. The van der Waals surface area contributed by atoms with Gasteiger partial charge in [0.1, 0.15) is 9.75 Å². The van der Waals surface area contributed by atoms with Crippen molar-refractivity contribution in [2.45, 2.75) is 20.5 Å². The first-order valence-corrected chi connectivity index (χ1v) is 9.48. The van der Waals surface area contributed by atoms with Crippen LogP contribution in [-0.4, -0.2) is 36.2 Å². The number of alkyl halides is 4. The van der Waals surface area contributed by atoms with Gasteiger partial charge in [-0.15, -0.1) is 23.2 Å². The number of allylic oxidation sites excluding steroid dienone is 2. The molecule has 3 fully saturated rings. The summed E-state index contributed by atoms with van der Waals surface area (Å²) in [6.07, 6.45) is 0.365. The topological polar surface area (TPSA) is 74.6 Å². The second-order valence-electron chi connectivity index (χ2n) is 6.97. The van der Waals surface area contributed by atoms with Gasteiger partial charge in [-0.05, 0) is 30.1 Å². The van der Waals surface area contributed by atoms with Gasteiger partial charge in [0.2, 0.25) is 0 Å². The maximum atomic E-state index is 11.7. The quantitative estimate of drug-likeness (QED) is 0.486. The number of hydrogen-bond donors (Lipinski definition) is 2. The fourth-order valence-corrected chi connectivity index (χ4v) is 8.88. The molecule has 0 unspecified atom stereocenters. The molecule has 24 heavy (non-hydrogen) atoms. The molecule has 4 nitrogen and oxygen atoms in total. The third-order valence-electron chi connectivity index (χ3n) is 6.40.